The molecule has 0 aromatic heterocycles. The molecule has 85 heavy (non-hydrogen) atoms. The summed E-state index contributed by atoms with van der Waals surface area (Å²) in [5, 5.41) is 51.0. The molecule has 502 valence electrons. The van der Waals surface area contributed by atoms with Gasteiger partial charge in [-0.25, -0.2) is 4.57 Å². The second kappa shape index (κ2) is 52.1. The number of methoxy groups -OCH3 is 1. The van der Waals surface area contributed by atoms with E-state index in [0.29, 0.717) is 25.7 Å². The van der Waals surface area contributed by atoms with Crippen LogP contribution in [0.3, 0.4) is 0 Å². The van der Waals surface area contributed by atoms with E-state index in [2.05, 4.69) is 50.5 Å². The number of allylic oxidation sites excluding steroid dienone is 2. The summed E-state index contributed by atoms with van der Waals surface area (Å²) < 4.78 is 55.5. The van der Waals surface area contributed by atoms with E-state index in [9.17, 15) is 44.4 Å². The zero-order chi connectivity index (χ0) is 62.2. The molecule has 19 heteroatoms. The molecular formula is C66H127N2O16P. The Morgan fingerprint density at radius 1 is 0.529 bits per heavy atom. The molecule has 2 rings (SSSR count). The van der Waals surface area contributed by atoms with Gasteiger partial charge in [0.2, 0.25) is 11.8 Å². The molecule has 18 nitrogen and oxygen atoms in total. The fourth-order valence-corrected chi connectivity index (χ4v) is 12.1. The standard InChI is InChI=1S/C66H127N2O16P/c1-6-10-14-18-21-24-25-26-27-28-29-31-33-37-41-45-57(71)67-59-63(80-50-47-54(78-5)44-40-35-17-13-9-4)61(73)55(46-48-69)82-65(59)81-52-56-62(74)64(79-49-42-38-34-23-20-16-12-8-3)60(66(83-56)84-85(75,76)77)68-58(72)51-53(70)43-39-36-32-30-22-19-15-11-7-2/h24-25,53-56,59-66,69-70,73-74H,6-23,26-52H2,1-5H3,(H,67,71)(H,68,72)(H2,75,76,77). The van der Waals surface area contributed by atoms with Crippen LogP contribution in [0.5, 0.6) is 0 Å². The molecule has 2 heterocycles. The number of hydrogen-bond acceptors (Lipinski definition) is 14. The predicted molar refractivity (Wildman–Crippen MR) is 337 cm³/mol. The highest BCUT2D eigenvalue weighted by molar-refractivity contribution is 7.46. The number of ether oxygens (including phenoxy) is 6. The van der Waals surface area contributed by atoms with Crippen molar-refractivity contribution in [3.05, 3.63) is 12.2 Å². The van der Waals surface area contributed by atoms with Crippen molar-refractivity contribution < 1.29 is 77.3 Å². The lowest BCUT2D eigenvalue weighted by Gasteiger charge is -2.47. The Morgan fingerprint density at radius 3 is 1.49 bits per heavy atom. The molecule has 8 N–H and O–H groups in total. The molecule has 0 spiro atoms. The lowest BCUT2D eigenvalue weighted by Crippen LogP contribution is -2.67. The fourth-order valence-electron chi connectivity index (χ4n) is 11.6. The van der Waals surface area contributed by atoms with Crippen molar-refractivity contribution in [1.29, 1.82) is 0 Å². The molecule has 0 aromatic carbocycles. The maximum atomic E-state index is 13.9. The zero-order valence-electron chi connectivity index (χ0n) is 54.1. The van der Waals surface area contributed by atoms with Crippen LogP contribution in [-0.4, -0.2) is 149 Å². The molecule has 2 aliphatic rings. The molecule has 2 amide bonds. The van der Waals surface area contributed by atoms with Gasteiger partial charge in [-0.15, -0.1) is 0 Å². The van der Waals surface area contributed by atoms with E-state index >= 15 is 0 Å². The number of unbranched alkanes of at least 4 members (excludes halogenated alkanes) is 30. The van der Waals surface area contributed by atoms with Crippen molar-refractivity contribution in [2.24, 2.45) is 0 Å². The second-order valence-electron chi connectivity index (χ2n) is 24.5. The van der Waals surface area contributed by atoms with Crippen molar-refractivity contribution in [2.75, 3.05) is 33.5 Å². The fraction of sp³-hybridized carbons (Fsp3) is 0.939. The number of carbonyl (C=O) groups is 2. The summed E-state index contributed by atoms with van der Waals surface area (Å²) in [6.45, 7) is 8.25. The first-order valence-electron chi connectivity index (χ1n) is 34.5. The van der Waals surface area contributed by atoms with Crippen molar-refractivity contribution in [3.8, 4) is 0 Å². The number of phosphoric acid groups is 1. The maximum Gasteiger partial charge on any atom is 0.472 e. The van der Waals surface area contributed by atoms with E-state index in [1.54, 1.807) is 7.11 Å². The molecule has 0 saturated carbocycles. The van der Waals surface area contributed by atoms with Crippen molar-refractivity contribution in [2.45, 2.75) is 364 Å². The van der Waals surface area contributed by atoms with Crippen LogP contribution < -0.4 is 10.6 Å². The van der Waals surface area contributed by atoms with E-state index in [-0.39, 0.29) is 51.1 Å². The maximum absolute atomic E-state index is 13.9. The zero-order valence-corrected chi connectivity index (χ0v) is 55.0. The number of aliphatic hydroxyl groups excluding tert-OH is 4. The average molecular weight is 1240 g/mol. The van der Waals surface area contributed by atoms with Crippen molar-refractivity contribution in [1.82, 2.24) is 10.6 Å². The third kappa shape index (κ3) is 38.6. The minimum atomic E-state index is -5.32. The summed E-state index contributed by atoms with van der Waals surface area (Å²) in [5.41, 5.74) is 0. The molecule has 0 aromatic rings. The van der Waals surface area contributed by atoms with Crippen LogP contribution in [0.15, 0.2) is 12.2 Å². The normalized spacial score (nSPS) is 23.6. The van der Waals surface area contributed by atoms with E-state index in [1.807, 2.05) is 0 Å². The van der Waals surface area contributed by atoms with Crippen LogP contribution in [0, 0.1) is 0 Å². The smallest absolute Gasteiger partial charge is 0.396 e. The van der Waals surface area contributed by atoms with E-state index in [4.69, 9.17) is 32.9 Å². The summed E-state index contributed by atoms with van der Waals surface area (Å²) in [4.78, 5) is 48.1. The molecule has 2 aliphatic heterocycles. The summed E-state index contributed by atoms with van der Waals surface area (Å²) in [6, 6.07) is -2.52. The SMILES string of the molecule is CCCCCCC=CCCCCCCCCCC(=O)NC1C(OCC2OC(OP(=O)(O)O)C(NC(=O)CC(O)CCCCCCCCCCC)C(OCCCCCCCCCC)C2O)OC(CCO)C(O)C1OCCC(CCCCCCC)OC. The Balaban J connectivity index is 2.33. The van der Waals surface area contributed by atoms with Crippen LogP contribution in [0.1, 0.15) is 291 Å². The van der Waals surface area contributed by atoms with Gasteiger partial charge in [-0.3, -0.25) is 14.1 Å². The third-order valence-electron chi connectivity index (χ3n) is 16.8. The minimum Gasteiger partial charge on any atom is -0.396 e. The van der Waals surface area contributed by atoms with E-state index < -0.39 is 87.7 Å². The number of amides is 2. The van der Waals surface area contributed by atoms with Crippen LogP contribution in [-0.2, 0) is 47.1 Å². The van der Waals surface area contributed by atoms with Gasteiger partial charge < -0.3 is 69.3 Å². The Kier molecular flexibility index (Phi) is 48.7. The van der Waals surface area contributed by atoms with E-state index in [1.165, 1.54) is 89.9 Å². The molecule has 0 radical (unpaired) electrons. The van der Waals surface area contributed by atoms with Crippen molar-refractivity contribution >= 4 is 19.6 Å². The molecule has 2 fully saturated rings. The van der Waals surface area contributed by atoms with Gasteiger partial charge in [-0.1, -0.05) is 226 Å². The third-order valence-corrected chi connectivity index (χ3v) is 17.3. The molecule has 0 bridgehead atoms. The second-order valence-corrected chi connectivity index (χ2v) is 25.7. The number of rotatable bonds is 57. The quantitative estimate of drug-likeness (QED) is 0.0160. The summed E-state index contributed by atoms with van der Waals surface area (Å²) in [5.74, 6) is -0.944. The first kappa shape index (κ1) is 79.5. The Labute approximate surface area is 515 Å². The van der Waals surface area contributed by atoms with Gasteiger partial charge in [0.1, 0.15) is 42.6 Å². The molecule has 12 atom stereocenters. The van der Waals surface area contributed by atoms with Gasteiger partial charge in [-0.2, -0.15) is 0 Å². The summed E-state index contributed by atoms with van der Waals surface area (Å²) in [7, 11) is -3.65. The summed E-state index contributed by atoms with van der Waals surface area (Å²) >= 11 is 0. The first-order valence-corrected chi connectivity index (χ1v) is 36.1. The Morgan fingerprint density at radius 2 is 0.965 bits per heavy atom. The van der Waals surface area contributed by atoms with Crippen LogP contribution in [0.25, 0.3) is 0 Å². The van der Waals surface area contributed by atoms with Gasteiger partial charge in [-0.05, 0) is 64.2 Å². The number of aliphatic hydroxyl groups is 4. The molecular weight excluding hydrogens is 1110 g/mol. The highest BCUT2D eigenvalue weighted by Crippen LogP contribution is 2.41. The summed E-state index contributed by atoms with van der Waals surface area (Å²) in [6.07, 6.45) is 32.4. The highest BCUT2D eigenvalue weighted by Gasteiger charge is 2.51. The van der Waals surface area contributed by atoms with Gasteiger partial charge in [0.25, 0.3) is 0 Å². The molecule has 2 saturated heterocycles. The Hall–Kier alpha value is -1.61. The largest absolute Gasteiger partial charge is 0.472 e. The predicted octanol–water partition coefficient (Wildman–Crippen LogP) is 13.0. The van der Waals surface area contributed by atoms with Gasteiger partial charge in [0.05, 0.1) is 31.3 Å². The number of phosphoric ester groups is 1. The number of hydrogen-bond donors (Lipinski definition) is 8. The van der Waals surface area contributed by atoms with Gasteiger partial charge in [0.15, 0.2) is 12.6 Å². The van der Waals surface area contributed by atoms with E-state index in [0.717, 1.165) is 128 Å². The van der Waals surface area contributed by atoms with Crippen LogP contribution >= 0.6 is 7.82 Å². The van der Waals surface area contributed by atoms with Gasteiger partial charge >= 0.3 is 7.82 Å². The van der Waals surface area contributed by atoms with Crippen LogP contribution in [0.4, 0.5) is 0 Å². The van der Waals surface area contributed by atoms with Crippen LogP contribution in [0.2, 0.25) is 0 Å². The lowest BCUT2D eigenvalue weighted by molar-refractivity contribution is -0.300. The monoisotopic (exact) mass is 1230 g/mol. The van der Waals surface area contributed by atoms with Gasteiger partial charge in [0, 0.05) is 33.4 Å². The van der Waals surface area contributed by atoms with Crippen molar-refractivity contribution in [3.63, 3.8) is 0 Å². The number of nitrogens with one attached hydrogen (secondary N) is 2. The molecule has 12 unspecified atom stereocenters. The Bertz CT molecular complexity index is 1660. The topological polar surface area (TPSA) is 261 Å². The average Bonchev–Trinajstić information content (AvgIpc) is 2.88. The molecule has 0 aliphatic carbocycles. The number of carbonyl (C=O) groups excluding carboxylic acids is 2. The highest BCUT2D eigenvalue weighted by atomic mass is 31.2. The minimum absolute atomic E-state index is 0.000506. The first-order chi connectivity index (χ1) is 41.2. The lowest BCUT2D eigenvalue weighted by atomic mass is 9.94.